The van der Waals surface area contributed by atoms with Gasteiger partial charge in [0.15, 0.2) is 0 Å². The Hall–Kier alpha value is -0.390. The average molecular weight is 265 g/mol. The standard InChI is InChI=1S/C9H17BrN2O2/c1-7(10)6-12-9(13)8(11)4-3-5-14-2/h8H,1,3-6,11H2,2H3,(H,12,13). The van der Waals surface area contributed by atoms with Gasteiger partial charge in [-0.25, -0.2) is 0 Å². The maximum absolute atomic E-state index is 11.3. The third-order valence-corrected chi connectivity index (χ3v) is 1.94. The van der Waals surface area contributed by atoms with Crippen LogP contribution in [0.2, 0.25) is 0 Å². The third kappa shape index (κ3) is 7.06. The molecule has 0 rings (SSSR count). The van der Waals surface area contributed by atoms with Gasteiger partial charge in [0.05, 0.1) is 6.04 Å². The quantitative estimate of drug-likeness (QED) is 0.668. The van der Waals surface area contributed by atoms with Crippen molar-refractivity contribution < 1.29 is 9.53 Å². The number of amides is 1. The highest BCUT2D eigenvalue weighted by atomic mass is 79.9. The number of carbonyl (C=O) groups is 1. The lowest BCUT2D eigenvalue weighted by Gasteiger charge is -2.11. The van der Waals surface area contributed by atoms with Gasteiger partial charge in [-0.1, -0.05) is 22.5 Å². The molecule has 0 aromatic carbocycles. The Morgan fingerprint density at radius 2 is 2.36 bits per heavy atom. The molecule has 0 aromatic rings. The zero-order valence-electron chi connectivity index (χ0n) is 8.38. The largest absolute Gasteiger partial charge is 0.385 e. The Morgan fingerprint density at radius 1 is 1.71 bits per heavy atom. The molecule has 0 fully saturated rings. The van der Waals surface area contributed by atoms with E-state index < -0.39 is 6.04 Å². The van der Waals surface area contributed by atoms with E-state index in [2.05, 4.69) is 27.8 Å². The second kappa shape index (κ2) is 7.96. The number of carbonyl (C=O) groups excluding carboxylic acids is 1. The van der Waals surface area contributed by atoms with Crippen molar-refractivity contribution in [2.75, 3.05) is 20.3 Å². The topological polar surface area (TPSA) is 64.4 Å². The predicted molar refractivity (Wildman–Crippen MR) is 60.2 cm³/mol. The minimum absolute atomic E-state index is 0.151. The van der Waals surface area contributed by atoms with Gasteiger partial charge in [0.1, 0.15) is 0 Å². The Labute approximate surface area is 93.0 Å². The zero-order valence-corrected chi connectivity index (χ0v) is 9.97. The van der Waals surface area contributed by atoms with Gasteiger partial charge in [-0.05, 0) is 12.8 Å². The second-order valence-corrected chi connectivity index (χ2v) is 4.10. The van der Waals surface area contributed by atoms with Gasteiger partial charge in [-0.15, -0.1) is 0 Å². The molecule has 1 amide bonds. The monoisotopic (exact) mass is 264 g/mol. The van der Waals surface area contributed by atoms with E-state index in [-0.39, 0.29) is 5.91 Å². The molecule has 0 spiro atoms. The van der Waals surface area contributed by atoms with Gasteiger partial charge in [0.25, 0.3) is 0 Å². The summed E-state index contributed by atoms with van der Waals surface area (Å²) < 4.78 is 5.59. The van der Waals surface area contributed by atoms with Crippen LogP contribution in [-0.2, 0) is 9.53 Å². The highest BCUT2D eigenvalue weighted by molar-refractivity contribution is 9.11. The SMILES string of the molecule is C=C(Br)CNC(=O)C(N)CCCOC. The summed E-state index contributed by atoms with van der Waals surface area (Å²) in [5, 5.41) is 2.66. The first-order valence-electron chi connectivity index (χ1n) is 4.43. The first-order valence-corrected chi connectivity index (χ1v) is 5.22. The van der Waals surface area contributed by atoms with E-state index in [9.17, 15) is 4.79 Å². The lowest BCUT2D eigenvalue weighted by Crippen LogP contribution is -2.41. The van der Waals surface area contributed by atoms with E-state index in [0.29, 0.717) is 19.6 Å². The first kappa shape index (κ1) is 13.6. The maximum atomic E-state index is 11.3. The molecule has 0 saturated carbocycles. The van der Waals surface area contributed by atoms with E-state index in [1.807, 2.05) is 0 Å². The summed E-state index contributed by atoms with van der Waals surface area (Å²) in [6.07, 6.45) is 1.43. The van der Waals surface area contributed by atoms with Gasteiger partial charge >= 0.3 is 0 Å². The zero-order chi connectivity index (χ0) is 11.0. The van der Waals surface area contributed by atoms with E-state index in [4.69, 9.17) is 10.5 Å². The van der Waals surface area contributed by atoms with Crippen molar-refractivity contribution in [3.8, 4) is 0 Å². The highest BCUT2D eigenvalue weighted by Gasteiger charge is 2.11. The fraction of sp³-hybridized carbons (Fsp3) is 0.667. The highest BCUT2D eigenvalue weighted by Crippen LogP contribution is 1.99. The van der Waals surface area contributed by atoms with Crippen LogP contribution >= 0.6 is 15.9 Å². The van der Waals surface area contributed by atoms with Crippen molar-refractivity contribution in [2.45, 2.75) is 18.9 Å². The second-order valence-electron chi connectivity index (χ2n) is 2.98. The fourth-order valence-corrected chi connectivity index (χ4v) is 1.03. The van der Waals surface area contributed by atoms with Gasteiger partial charge in [-0.3, -0.25) is 4.79 Å². The first-order chi connectivity index (χ1) is 6.57. The van der Waals surface area contributed by atoms with Crippen molar-refractivity contribution in [1.82, 2.24) is 5.32 Å². The normalized spacial score (nSPS) is 12.2. The lowest BCUT2D eigenvalue weighted by molar-refractivity contribution is -0.122. The predicted octanol–water partition coefficient (Wildman–Crippen LogP) is 0.765. The van der Waals surface area contributed by atoms with Crippen LogP contribution in [0.4, 0.5) is 0 Å². The van der Waals surface area contributed by atoms with E-state index in [0.717, 1.165) is 10.9 Å². The summed E-state index contributed by atoms with van der Waals surface area (Å²) in [5.74, 6) is -0.151. The summed E-state index contributed by atoms with van der Waals surface area (Å²) >= 11 is 3.15. The molecular weight excluding hydrogens is 248 g/mol. The summed E-state index contributed by atoms with van der Waals surface area (Å²) in [6, 6.07) is -0.461. The van der Waals surface area contributed by atoms with Crippen LogP contribution in [0.5, 0.6) is 0 Å². The van der Waals surface area contributed by atoms with Crippen LogP contribution in [0.25, 0.3) is 0 Å². The van der Waals surface area contributed by atoms with Gasteiger partial charge in [-0.2, -0.15) is 0 Å². The summed E-state index contributed by atoms with van der Waals surface area (Å²) in [6.45, 7) is 4.65. The molecule has 82 valence electrons. The van der Waals surface area contributed by atoms with Gasteiger partial charge < -0.3 is 15.8 Å². The number of nitrogens with two attached hydrogens (primary N) is 1. The van der Waals surface area contributed by atoms with E-state index in [1.165, 1.54) is 0 Å². The number of nitrogens with one attached hydrogen (secondary N) is 1. The lowest BCUT2D eigenvalue weighted by atomic mass is 10.1. The average Bonchev–Trinajstić information content (AvgIpc) is 2.14. The molecule has 3 N–H and O–H groups in total. The van der Waals surface area contributed by atoms with Crippen LogP contribution in [0.1, 0.15) is 12.8 Å². The van der Waals surface area contributed by atoms with Crippen molar-refractivity contribution >= 4 is 21.8 Å². The molecule has 0 aromatic heterocycles. The van der Waals surface area contributed by atoms with Crippen LogP contribution in [0.3, 0.4) is 0 Å². The number of ether oxygens (including phenoxy) is 1. The molecule has 0 saturated heterocycles. The van der Waals surface area contributed by atoms with Crippen molar-refractivity contribution in [2.24, 2.45) is 5.73 Å². The number of methoxy groups -OCH3 is 1. The number of rotatable bonds is 7. The molecule has 0 bridgehead atoms. The molecule has 14 heavy (non-hydrogen) atoms. The smallest absolute Gasteiger partial charge is 0.237 e. The summed E-state index contributed by atoms with van der Waals surface area (Å²) in [7, 11) is 1.63. The molecule has 0 heterocycles. The van der Waals surface area contributed by atoms with Gasteiger partial charge in [0, 0.05) is 24.7 Å². The fourth-order valence-electron chi connectivity index (χ4n) is 0.893. The molecule has 5 heteroatoms. The number of hydrogen-bond donors (Lipinski definition) is 2. The molecule has 0 aliphatic carbocycles. The maximum Gasteiger partial charge on any atom is 0.237 e. The van der Waals surface area contributed by atoms with Crippen LogP contribution in [-0.4, -0.2) is 32.2 Å². The Kier molecular flexibility index (Phi) is 7.74. The minimum Gasteiger partial charge on any atom is -0.385 e. The number of halogens is 1. The summed E-state index contributed by atoms with van der Waals surface area (Å²) in [4.78, 5) is 11.3. The molecule has 1 unspecified atom stereocenters. The van der Waals surface area contributed by atoms with E-state index >= 15 is 0 Å². The van der Waals surface area contributed by atoms with Crippen LogP contribution in [0, 0.1) is 0 Å². The number of hydrogen-bond acceptors (Lipinski definition) is 3. The molecule has 0 radical (unpaired) electrons. The Balaban J connectivity index is 3.59. The summed E-state index contributed by atoms with van der Waals surface area (Å²) in [5.41, 5.74) is 5.63. The van der Waals surface area contributed by atoms with Crippen LogP contribution in [0.15, 0.2) is 11.1 Å². The van der Waals surface area contributed by atoms with Crippen LogP contribution < -0.4 is 11.1 Å². The Bertz CT molecular complexity index is 197. The Morgan fingerprint density at radius 3 is 2.86 bits per heavy atom. The molecular formula is C9H17BrN2O2. The molecule has 0 aliphatic heterocycles. The van der Waals surface area contributed by atoms with E-state index in [1.54, 1.807) is 7.11 Å². The van der Waals surface area contributed by atoms with Crippen molar-refractivity contribution in [1.29, 1.82) is 0 Å². The molecule has 0 aliphatic rings. The molecule has 4 nitrogen and oxygen atoms in total. The van der Waals surface area contributed by atoms with Gasteiger partial charge in [0.2, 0.25) is 5.91 Å². The third-order valence-electron chi connectivity index (χ3n) is 1.65. The van der Waals surface area contributed by atoms with Crippen molar-refractivity contribution in [3.05, 3.63) is 11.1 Å². The minimum atomic E-state index is -0.461. The molecule has 1 atom stereocenters. The van der Waals surface area contributed by atoms with Crippen molar-refractivity contribution in [3.63, 3.8) is 0 Å².